The number of hydrogen-bond acceptors (Lipinski definition) is 5. The molecule has 0 spiro atoms. The van der Waals surface area contributed by atoms with E-state index in [4.69, 9.17) is 21.1 Å². The number of rotatable bonds is 8. The highest BCUT2D eigenvalue weighted by atomic mass is 35.5. The summed E-state index contributed by atoms with van der Waals surface area (Å²) in [6.45, 7) is 5.13. The molecule has 0 radical (unpaired) electrons. The van der Waals surface area contributed by atoms with E-state index in [0.717, 1.165) is 17.2 Å². The summed E-state index contributed by atoms with van der Waals surface area (Å²) in [5.41, 5.74) is 1.55. The maximum Gasteiger partial charge on any atom is 0.407 e. The Morgan fingerprint density at radius 3 is 2.46 bits per heavy atom. The highest BCUT2D eigenvalue weighted by Crippen LogP contribution is 2.32. The quantitative estimate of drug-likeness (QED) is 0.379. The molecular formula is C26H26ClFN2O5. The van der Waals surface area contributed by atoms with E-state index in [2.05, 4.69) is 10.3 Å². The lowest BCUT2D eigenvalue weighted by molar-refractivity contribution is -0.137. The Morgan fingerprint density at radius 2 is 1.83 bits per heavy atom. The molecule has 1 amide bonds. The third-order valence-corrected chi connectivity index (χ3v) is 4.96. The number of halogens is 2. The van der Waals surface area contributed by atoms with Crippen molar-refractivity contribution >= 4 is 23.7 Å². The average Bonchev–Trinajstić information content (AvgIpc) is 2.75. The summed E-state index contributed by atoms with van der Waals surface area (Å²) in [7, 11) is 0. The van der Waals surface area contributed by atoms with Gasteiger partial charge in [0.15, 0.2) is 5.82 Å². The minimum absolute atomic E-state index is 0.0801. The number of aromatic nitrogens is 1. The van der Waals surface area contributed by atoms with Gasteiger partial charge in [0, 0.05) is 12.2 Å². The predicted octanol–water partition coefficient (Wildman–Crippen LogP) is 6.24. The first-order valence-electron chi connectivity index (χ1n) is 10.9. The van der Waals surface area contributed by atoms with E-state index in [1.54, 1.807) is 32.9 Å². The van der Waals surface area contributed by atoms with Crippen molar-refractivity contribution in [3.05, 3.63) is 77.2 Å². The number of amides is 1. The number of benzene rings is 2. The van der Waals surface area contributed by atoms with Gasteiger partial charge in [-0.05, 0) is 62.1 Å². The predicted molar refractivity (Wildman–Crippen MR) is 130 cm³/mol. The molecule has 9 heteroatoms. The van der Waals surface area contributed by atoms with E-state index in [0.29, 0.717) is 5.56 Å². The van der Waals surface area contributed by atoms with Gasteiger partial charge in [0.1, 0.15) is 11.4 Å². The lowest BCUT2D eigenvalue weighted by atomic mass is 9.97. The van der Waals surface area contributed by atoms with Crippen molar-refractivity contribution in [2.75, 3.05) is 0 Å². The van der Waals surface area contributed by atoms with Crippen LogP contribution in [0.2, 0.25) is 5.02 Å². The molecule has 2 N–H and O–H groups in total. The monoisotopic (exact) mass is 500 g/mol. The molecule has 2 aromatic carbocycles. The van der Waals surface area contributed by atoms with Crippen LogP contribution in [0.15, 0.2) is 60.8 Å². The van der Waals surface area contributed by atoms with Crippen LogP contribution in [-0.4, -0.2) is 33.8 Å². The number of aliphatic carboxylic acids is 1. The van der Waals surface area contributed by atoms with Gasteiger partial charge in [-0.25, -0.2) is 14.2 Å². The highest BCUT2D eigenvalue weighted by molar-refractivity contribution is 6.30. The number of nitrogens with one attached hydrogen (secondary N) is 1. The molecule has 0 saturated heterocycles. The van der Waals surface area contributed by atoms with Gasteiger partial charge in [0.05, 0.1) is 11.4 Å². The Labute approximate surface area is 207 Å². The maximum absolute atomic E-state index is 14.4. The Balaban J connectivity index is 1.97. The number of carbonyl (C=O) groups excluding carboxylic acids is 1. The summed E-state index contributed by atoms with van der Waals surface area (Å²) in [4.78, 5) is 27.8. The van der Waals surface area contributed by atoms with Gasteiger partial charge in [-0.1, -0.05) is 48.0 Å². The van der Waals surface area contributed by atoms with Crippen molar-refractivity contribution < 1.29 is 28.6 Å². The van der Waals surface area contributed by atoms with Crippen LogP contribution in [0, 0.1) is 5.82 Å². The molecule has 3 rings (SSSR count). The average molecular weight is 501 g/mol. The van der Waals surface area contributed by atoms with Gasteiger partial charge in [0.2, 0.25) is 0 Å². The van der Waals surface area contributed by atoms with Crippen molar-refractivity contribution in [3.63, 3.8) is 0 Å². The van der Waals surface area contributed by atoms with Crippen LogP contribution in [0.25, 0.3) is 11.1 Å². The van der Waals surface area contributed by atoms with Gasteiger partial charge in [-0.3, -0.25) is 4.79 Å². The van der Waals surface area contributed by atoms with E-state index < -0.39 is 29.5 Å². The summed E-state index contributed by atoms with van der Waals surface area (Å²) in [6, 6.07) is 15.1. The van der Waals surface area contributed by atoms with Crippen LogP contribution < -0.4 is 10.1 Å². The number of carboxylic acid groups (broad SMARTS) is 1. The molecule has 3 aromatic rings. The molecule has 0 fully saturated rings. The van der Waals surface area contributed by atoms with Crippen LogP contribution in [0.4, 0.5) is 9.18 Å². The van der Waals surface area contributed by atoms with Gasteiger partial charge in [0.25, 0.3) is 5.88 Å². The SMILES string of the molecule is CC(C)(C)OC(=O)N[C@@H](CC(=O)O)Cc1cc(-c2ccccc2)ccc1Oc1ncc(Cl)cc1F. The molecule has 1 aromatic heterocycles. The third-order valence-electron chi connectivity index (χ3n) is 4.76. The van der Waals surface area contributed by atoms with Crippen LogP contribution in [0.5, 0.6) is 11.6 Å². The molecule has 1 atom stereocenters. The molecule has 0 aliphatic heterocycles. The lowest BCUT2D eigenvalue weighted by Gasteiger charge is -2.23. The van der Waals surface area contributed by atoms with Crippen LogP contribution in [0.1, 0.15) is 32.8 Å². The number of carbonyl (C=O) groups is 2. The smallest absolute Gasteiger partial charge is 0.407 e. The second-order valence-electron chi connectivity index (χ2n) is 8.88. The first kappa shape index (κ1) is 26.0. The van der Waals surface area contributed by atoms with Crippen LogP contribution >= 0.6 is 11.6 Å². The third kappa shape index (κ3) is 7.96. The normalized spacial score (nSPS) is 12.0. The number of hydrogen-bond donors (Lipinski definition) is 2. The van der Waals surface area contributed by atoms with Crippen LogP contribution in [0.3, 0.4) is 0 Å². The molecule has 35 heavy (non-hydrogen) atoms. The Bertz CT molecular complexity index is 1200. The summed E-state index contributed by atoms with van der Waals surface area (Å²) in [5.74, 6) is -1.86. The number of alkyl carbamates (subject to hydrolysis) is 1. The zero-order chi connectivity index (χ0) is 25.6. The fourth-order valence-corrected chi connectivity index (χ4v) is 3.50. The second-order valence-corrected chi connectivity index (χ2v) is 9.31. The summed E-state index contributed by atoms with van der Waals surface area (Å²) in [5, 5.41) is 12.2. The van der Waals surface area contributed by atoms with Gasteiger partial charge in [-0.15, -0.1) is 0 Å². The Hall–Kier alpha value is -3.65. The first-order valence-corrected chi connectivity index (χ1v) is 11.3. The Kier molecular flexibility index (Phi) is 8.30. The molecule has 0 unspecified atom stereocenters. The number of ether oxygens (including phenoxy) is 2. The van der Waals surface area contributed by atoms with E-state index in [1.165, 1.54) is 6.20 Å². The lowest BCUT2D eigenvalue weighted by Crippen LogP contribution is -2.41. The molecule has 0 aliphatic carbocycles. The van der Waals surface area contributed by atoms with Gasteiger partial charge in [-0.2, -0.15) is 0 Å². The topological polar surface area (TPSA) is 97.8 Å². The highest BCUT2D eigenvalue weighted by Gasteiger charge is 2.23. The van der Waals surface area contributed by atoms with E-state index in [9.17, 15) is 19.1 Å². The van der Waals surface area contributed by atoms with Crippen molar-refractivity contribution in [2.45, 2.75) is 45.3 Å². The Morgan fingerprint density at radius 1 is 1.11 bits per heavy atom. The standard InChI is InChI=1S/C26H26ClFN2O5/c1-26(2,3)35-25(33)30-20(14-23(31)32)12-18-11-17(16-7-5-4-6-8-16)9-10-22(18)34-24-21(28)13-19(27)15-29-24/h4-11,13,15,20H,12,14H2,1-3H3,(H,30,33)(H,31,32)/t20-/m1/s1. The zero-order valence-corrected chi connectivity index (χ0v) is 20.3. The zero-order valence-electron chi connectivity index (χ0n) is 19.5. The minimum Gasteiger partial charge on any atom is -0.481 e. The maximum atomic E-state index is 14.4. The summed E-state index contributed by atoms with van der Waals surface area (Å²) >= 11 is 5.79. The van der Waals surface area contributed by atoms with Crippen molar-refractivity contribution in [2.24, 2.45) is 0 Å². The van der Waals surface area contributed by atoms with E-state index in [-0.39, 0.29) is 29.5 Å². The number of pyridine rings is 1. The summed E-state index contributed by atoms with van der Waals surface area (Å²) in [6.07, 6.45) is 0.240. The molecule has 184 valence electrons. The number of carboxylic acids is 1. The molecule has 0 saturated carbocycles. The molecule has 0 bridgehead atoms. The first-order chi connectivity index (χ1) is 16.5. The molecule has 1 heterocycles. The van der Waals surface area contributed by atoms with Crippen molar-refractivity contribution in [1.82, 2.24) is 10.3 Å². The fourth-order valence-electron chi connectivity index (χ4n) is 3.35. The van der Waals surface area contributed by atoms with Crippen molar-refractivity contribution in [1.29, 1.82) is 0 Å². The van der Waals surface area contributed by atoms with E-state index in [1.807, 2.05) is 36.4 Å². The molecule has 7 nitrogen and oxygen atoms in total. The largest absolute Gasteiger partial charge is 0.481 e. The van der Waals surface area contributed by atoms with Gasteiger partial charge < -0.3 is 19.9 Å². The second kappa shape index (κ2) is 11.2. The van der Waals surface area contributed by atoms with Crippen LogP contribution in [-0.2, 0) is 16.0 Å². The fraction of sp³-hybridized carbons (Fsp3) is 0.269. The summed E-state index contributed by atoms with van der Waals surface area (Å²) < 4.78 is 25.4. The minimum atomic E-state index is -1.10. The molecule has 0 aliphatic rings. The number of nitrogens with zero attached hydrogens (tertiary/aromatic N) is 1. The molecular weight excluding hydrogens is 475 g/mol. The van der Waals surface area contributed by atoms with E-state index >= 15 is 0 Å². The van der Waals surface area contributed by atoms with Crippen molar-refractivity contribution in [3.8, 4) is 22.8 Å². The van der Waals surface area contributed by atoms with Gasteiger partial charge >= 0.3 is 12.1 Å².